The fourth-order valence-corrected chi connectivity index (χ4v) is 0.453. The lowest BCUT2D eigenvalue weighted by Gasteiger charge is -1.88. The third-order valence-corrected chi connectivity index (χ3v) is 1.02. The smallest absolute Gasteiger partial charge is 0.115 e. The molecule has 0 saturated carbocycles. The van der Waals surface area contributed by atoms with Gasteiger partial charge in [-0.05, 0) is 24.3 Å². The molecule has 0 aromatic heterocycles. The molecule has 1 aromatic rings. The Labute approximate surface area is 72.1 Å². The highest BCUT2D eigenvalue weighted by Crippen LogP contribution is 2.13. The second-order valence-corrected chi connectivity index (χ2v) is 1.99. The summed E-state index contributed by atoms with van der Waals surface area (Å²) < 4.78 is 0. The number of rotatable bonds is 1. The quantitative estimate of drug-likeness (QED) is 0.494. The lowest BCUT2D eigenvalue weighted by Crippen LogP contribution is -1.61. The Kier molecular flexibility index (Phi) is 5.18. The van der Waals surface area contributed by atoms with Crippen molar-refractivity contribution >= 4 is 0 Å². The van der Waals surface area contributed by atoms with Crippen LogP contribution in [0, 0.1) is 0 Å². The lowest BCUT2D eigenvalue weighted by molar-refractivity contribution is 0.460. The van der Waals surface area contributed by atoms with Crippen LogP contribution in [0.2, 0.25) is 0 Å². The summed E-state index contributed by atoms with van der Waals surface area (Å²) in [6.45, 7) is 6.72. The third kappa shape index (κ3) is 5.11. The Balaban J connectivity index is 0.000000261. The Morgan fingerprint density at radius 3 is 1.25 bits per heavy atom. The van der Waals surface area contributed by atoms with Crippen molar-refractivity contribution in [2.45, 2.75) is 0 Å². The maximum Gasteiger partial charge on any atom is 0.115 e. The van der Waals surface area contributed by atoms with Crippen LogP contribution in [-0.4, -0.2) is 10.2 Å². The van der Waals surface area contributed by atoms with Crippen molar-refractivity contribution < 1.29 is 10.2 Å². The summed E-state index contributed by atoms with van der Waals surface area (Å²) in [4.78, 5) is 0. The molecule has 0 spiro atoms. The van der Waals surface area contributed by atoms with Gasteiger partial charge in [0, 0.05) is 0 Å². The normalized spacial score (nSPS) is 7.67. The van der Waals surface area contributed by atoms with Crippen molar-refractivity contribution in [3.63, 3.8) is 0 Å². The van der Waals surface area contributed by atoms with Crippen LogP contribution in [0.1, 0.15) is 0 Å². The number of aromatic hydroxyl groups is 2. The predicted octanol–water partition coefficient (Wildman–Crippen LogP) is 2.46. The standard InChI is InChI=1S/C6H6O2.C4H6/c7-5-1-2-6(8)4-3-5;1-3-4-2/h1-4,7-8H;3-4H,1-2H2. The highest BCUT2D eigenvalue weighted by atomic mass is 16.3. The molecular weight excluding hydrogens is 152 g/mol. The maximum atomic E-state index is 8.65. The van der Waals surface area contributed by atoms with Crippen LogP contribution in [0.25, 0.3) is 0 Å². The first-order chi connectivity index (χ1) is 5.70. The van der Waals surface area contributed by atoms with E-state index in [4.69, 9.17) is 10.2 Å². The van der Waals surface area contributed by atoms with Crippen molar-refractivity contribution in [3.05, 3.63) is 49.6 Å². The molecule has 0 aliphatic rings. The van der Waals surface area contributed by atoms with Crippen LogP contribution in [0.15, 0.2) is 49.6 Å². The number of hydrogen-bond acceptors (Lipinski definition) is 2. The summed E-state index contributed by atoms with van der Waals surface area (Å²) >= 11 is 0. The fourth-order valence-electron chi connectivity index (χ4n) is 0.453. The van der Waals surface area contributed by atoms with Crippen LogP contribution in [0.5, 0.6) is 11.5 Å². The molecule has 64 valence electrons. The molecule has 0 radical (unpaired) electrons. The van der Waals surface area contributed by atoms with Gasteiger partial charge in [-0.2, -0.15) is 0 Å². The molecule has 12 heavy (non-hydrogen) atoms. The first-order valence-electron chi connectivity index (χ1n) is 3.42. The lowest BCUT2D eigenvalue weighted by atomic mass is 10.3. The summed E-state index contributed by atoms with van der Waals surface area (Å²) in [5, 5.41) is 17.3. The zero-order valence-corrected chi connectivity index (χ0v) is 6.77. The second kappa shape index (κ2) is 6.04. The molecule has 2 nitrogen and oxygen atoms in total. The molecule has 0 bridgehead atoms. The van der Waals surface area contributed by atoms with Crippen LogP contribution < -0.4 is 0 Å². The first-order valence-corrected chi connectivity index (χ1v) is 3.42. The average molecular weight is 164 g/mol. The first kappa shape index (κ1) is 10.3. The summed E-state index contributed by atoms with van der Waals surface area (Å²) in [6.07, 6.45) is 3.28. The van der Waals surface area contributed by atoms with Gasteiger partial charge in [-0.15, -0.1) is 0 Å². The van der Waals surface area contributed by atoms with Gasteiger partial charge in [0.2, 0.25) is 0 Å². The van der Waals surface area contributed by atoms with E-state index in [-0.39, 0.29) is 11.5 Å². The van der Waals surface area contributed by atoms with Gasteiger partial charge in [0.15, 0.2) is 0 Å². The van der Waals surface area contributed by atoms with Gasteiger partial charge in [-0.3, -0.25) is 0 Å². The topological polar surface area (TPSA) is 40.5 Å². The molecule has 2 N–H and O–H groups in total. The van der Waals surface area contributed by atoms with Crippen LogP contribution in [0.4, 0.5) is 0 Å². The highest BCUT2D eigenvalue weighted by molar-refractivity contribution is 5.28. The molecule has 0 amide bonds. The minimum atomic E-state index is 0.169. The van der Waals surface area contributed by atoms with Crippen LogP contribution in [-0.2, 0) is 0 Å². The van der Waals surface area contributed by atoms with Gasteiger partial charge < -0.3 is 10.2 Å². The van der Waals surface area contributed by atoms with E-state index in [1.54, 1.807) is 12.2 Å². The molecule has 1 aromatic carbocycles. The van der Waals surface area contributed by atoms with Gasteiger partial charge >= 0.3 is 0 Å². The summed E-state index contributed by atoms with van der Waals surface area (Å²) in [7, 11) is 0. The van der Waals surface area contributed by atoms with Crippen molar-refractivity contribution in [2.75, 3.05) is 0 Å². The zero-order chi connectivity index (χ0) is 9.40. The second-order valence-electron chi connectivity index (χ2n) is 1.99. The Morgan fingerprint density at radius 1 is 0.833 bits per heavy atom. The highest BCUT2D eigenvalue weighted by Gasteiger charge is 1.84. The summed E-state index contributed by atoms with van der Waals surface area (Å²) in [5.74, 6) is 0.339. The van der Waals surface area contributed by atoms with E-state index in [0.29, 0.717) is 0 Å². The average Bonchev–Trinajstić information content (AvgIpc) is 2.11. The number of phenolic OH excluding ortho intramolecular Hbond substituents is 2. The molecule has 0 saturated heterocycles. The van der Waals surface area contributed by atoms with E-state index in [9.17, 15) is 0 Å². The maximum absolute atomic E-state index is 8.65. The molecule has 0 heterocycles. The zero-order valence-electron chi connectivity index (χ0n) is 6.77. The van der Waals surface area contributed by atoms with E-state index in [1.165, 1.54) is 24.3 Å². The molecule has 0 aliphatic carbocycles. The van der Waals surface area contributed by atoms with Gasteiger partial charge in [-0.25, -0.2) is 0 Å². The molecule has 0 atom stereocenters. The van der Waals surface area contributed by atoms with Crippen molar-refractivity contribution in [2.24, 2.45) is 0 Å². The number of hydrogen-bond donors (Lipinski definition) is 2. The molecule has 2 heteroatoms. The summed E-state index contributed by atoms with van der Waals surface area (Å²) in [6, 6.07) is 5.70. The van der Waals surface area contributed by atoms with Crippen molar-refractivity contribution in [3.8, 4) is 11.5 Å². The van der Waals surface area contributed by atoms with Crippen molar-refractivity contribution in [1.82, 2.24) is 0 Å². The van der Waals surface area contributed by atoms with Gasteiger partial charge in [0.25, 0.3) is 0 Å². The molecular formula is C10H12O2. The van der Waals surface area contributed by atoms with E-state index < -0.39 is 0 Å². The van der Waals surface area contributed by atoms with E-state index in [1.807, 2.05) is 0 Å². The van der Waals surface area contributed by atoms with E-state index >= 15 is 0 Å². The van der Waals surface area contributed by atoms with Gasteiger partial charge in [0.1, 0.15) is 11.5 Å². The van der Waals surface area contributed by atoms with Gasteiger partial charge in [0.05, 0.1) is 0 Å². The van der Waals surface area contributed by atoms with E-state index in [2.05, 4.69) is 13.2 Å². The van der Waals surface area contributed by atoms with Crippen LogP contribution >= 0.6 is 0 Å². The minimum Gasteiger partial charge on any atom is -0.508 e. The predicted molar refractivity (Wildman–Crippen MR) is 50.2 cm³/mol. The van der Waals surface area contributed by atoms with Gasteiger partial charge in [-0.1, -0.05) is 25.3 Å². The number of benzene rings is 1. The largest absolute Gasteiger partial charge is 0.508 e. The third-order valence-electron chi connectivity index (χ3n) is 1.02. The number of allylic oxidation sites excluding steroid dienone is 2. The Bertz CT molecular complexity index is 210. The minimum absolute atomic E-state index is 0.169. The Hall–Kier alpha value is -1.70. The van der Waals surface area contributed by atoms with Crippen LogP contribution in [0.3, 0.4) is 0 Å². The molecule has 0 aliphatic heterocycles. The molecule has 0 fully saturated rings. The summed E-state index contributed by atoms with van der Waals surface area (Å²) in [5.41, 5.74) is 0. The number of phenols is 2. The molecule has 1 rings (SSSR count). The van der Waals surface area contributed by atoms with E-state index in [0.717, 1.165) is 0 Å². The monoisotopic (exact) mass is 164 g/mol. The molecule has 0 unspecified atom stereocenters. The SMILES string of the molecule is C=CC=C.Oc1ccc(O)cc1. The van der Waals surface area contributed by atoms with Crippen molar-refractivity contribution in [1.29, 1.82) is 0 Å². The fraction of sp³-hybridized carbons (Fsp3) is 0. The Morgan fingerprint density at radius 2 is 1.08 bits per heavy atom.